The fraction of sp³-hybridized carbons (Fsp3) is 0.500. The lowest BCUT2D eigenvalue weighted by molar-refractivity contribution is 0.182. The molecule has 0 radical (unpaired) electrons. The van der Waals surface area contributed by atoms with E-state index in [1.807, 2.05) is 37.3 Å². The quantitative estimate of drug-likeness (QED) is 0.701. The summed E-state index contributed by atoms with van der Waals surface area (Å²) >= 11 is 0. The van der Waals surface area contributed by atoms with E-state index in [0.717, 1.165) is 5.75 Å². The maximum Gasteiger partial charge on any atom is 0.314 e. The van der Waals surface area contributed by atoms with Gasteiger partial charge >= 0.3 is 6.03 Å². The molecule has 1 rings (SSSR count). The number of hydrogen-bond donors (Lipinski definition) is 3. The minimum atomic E-state index is -0.402. The molecule has 0 aliphatic carbocycles. The molecule has 106 valence electrons. The number of carbonyl (C=O) groups excluding carboxylic acids is 1. The van der Waals surface area contributed by atoms with Crippen molar-refractivity contribution in [2.24, 2.45) is 0 Å². The summed E-state index contributed by atoms with van der Waals surface area (Å²) in [7, 11) is 0. The zero-order valence-electron chi connectivity index (χ0n) is 11.4. The minimum absolute atomic E-state index is 0.107. The molecule has 0 saturated heterocycles. The van der Waals surface area contributed by atoms with E-state index in [2.05, 4.69) is 10.6 Å². The minimum Gasteiger partial charge on any atom is -0.489 e. The van der Waals surface area contributed by atoms with Crippen LogP contribution in [0.1, 0.15) is 20.3 Å². The van der Waals surface area contributed by atoms with Crippen molar-refractivity contribution in [2.45, 2.75) is 32.5 Å². The van der Waals surface area contributed by atoms with Gasteiger partial charge in [-0.05, 0) is 32.4 Å². The Balaban J connectivity index is 2.16. The number of para-hydroxylation sites is 1. The van der Waals surface area contributed by atoms with Crippen LogP contribution in [-0.4, -0.2) is 36.4 Å². The van der Waals surface area contributed by atoms with Crippen molar-refractivity contribution in [3.63, 3.8) is 0 Å². The van der Waals surface area contributed by atoms with E-state index < -0.39 is 6.10 Å². The Morgan fingerprint density at radius 2 is 1.95 bits per heavy atom. The molecule has 0 fully saturated rings. The first-order chi connectivity index (χ1) is 9.08. The molecule has 5 nitrogen and oxygen atoms in total. The van der Waals surface area contributed by atoms with Crippen LogP contribution < -0.4 is 15.4 Å². The van der Waals surface area contributed by atoms with Crippen LogP contribution in [0, 0.1) is 0 Å². The third-order valence-corrected chi connectivity index (χ3v) is 2.48. The summed E-state index contributed by atoms with van der Waals surface area (Å²) in [6.07, 6.45) is 0.0364. The number of nitrogens with one attached hydrogen (secondary N) is 2. The SMILES string of the molecule is CC(O)CCNC(=O)NCC(C)Oc1ccccc1. The average Bonchev–Trinajstić information content (AvgIpc) is 2.37. The maximum absolute atomic E-state index is 11.4. The average molecular weight is 266 g/mol. The molecule has 0 aliphatic rings. The van der Waals surface area contributed by atoms with Gasteiger partial charge in [-0.3, -0.25) is 0 Å². The second-order valence-electron chi connectivity index (χ2n) is 4.52. The lowest BCUT2D eigenvalue weighted by Crippen LogP contribution is -2.41. The summed E-state index contributed by atoms with van der Waals surface area (Å²) in [5.41, 5.74) is 0. The first kappa shape index (κ1) is 15.3. The molecule has 0 aliphatic heterocycles. The number of carbonyl (C=O) groups is 1. The molecule has 5 heteroatoms. The molecule has 19 heavy (non-hydrogen) atoms. The zero-order chi connectivity index (χ0) is 14.1. The second kappa shape index (κ2) is 8.37. The number of aliphatic hydroxyl groups excluding tert-OH is 1. The molecule has 2 amide bonds. The third-order valence-electron chi connectivity index (χ3n) is 2.48. The topological polar surface area (TPSA) is 70.6 Å². The first-order valence-corrected chi connectivity index (χ1v) is 6.49. The van der Waals surface area contributed by atoms with Crippen molar-refractivity contribution < 1.29 is 14.6 Å². The van der Waals surface area contributed by atoms with Crippen molar-refractivity contribution in [2.75, 3.05) is 13.1 Å². The number of amides is 2. The van der Waals surface area contributed by atoms with Crippen LogP contribution in [0.15, 0.2) is 30.3 Å². The molecular formula is C14H22N2O3. The molecule has 2 unspecified atom stereocenters. The van der Waals surface area contributed by atoms with E-state index in [9.17, 15) is 4.79 Å². The molecule has 3 N–H and O–H groups in total. The van der Waals surface area contributed by atoms with Gasteiger partial charge in [-0.1, -0.05) is 18.2 Å². The highest BCUT2D eigenvalue weighted by atomic mass is 16.5. The standard InChI is InChI=1S/C14H22N2O3/c1-11(17)8-9-15-14(18)16-10-12(2)19-13-6-4-3-5-7-13/h3-7,11-12,17H,8-10H2,1-2H3,(H2,15,16,18). The monoisotopic (exact) mass is 266 g/mol. The van der Waals surface area contributed by atoms with E-state index in [0.29, 0.717) is 19.5 Å². The number of aliphatic hydroxyl groups is 1. The number of benzene rings is 1. The molecule has 0 aromatic heterocycles. The molecule has 0 spiro atoms. The fourth-order valence-corrected chi connectivity index (χ4v) is 1.47. The largest absolute Gasteiger partial charge is 0.489 e. The van der Waals surface area contributed by atoms with Crippen LogP contribution in [0.25, 0.3) is 0 Å². The van der Waals surface area contributed by atoms with Crippen LogP contribution in [0.4, 0.5) is 4.79 Å². The van der Waals surface area contributed by atoms with Gasteiger partial charge in [0.25, 0.3) is 0 Å². The van der Waals surface area contributed by atoms with Gasteiger partial charge in [0.2, 0.25) is 0 Å². The highest BCUT2D eigenvalue weighted by Crippen LogP contribution is 2.10. The molecule has 2 atom stereocenters. The number of hydrogen-bond acceptors (Lipinski definition) is 3. The van der Waals surface area contributed by atoms with E-state index in [1.54, 1.807) is 6.92 Å². The van der Waals surface area contributed by atoms with Gasteiger partial charge in [-0.15, -0.1) is 0 Å². The normalized spacial score (nSPS) is 13.4. The Morgan fingerprint density at radius 3 is 2.58 bits per heavy atom. The summed E-state index contributed by atoms with van der Waals surface area (Å²) in [6, 6.07) is 9.23. The van der Waals surface area contributed by atoms with Gasteiger partial charge in [0.05, 0.1) is 12.6 Å². The van der Waals surface area contributed by atoms with Gasteiger partial charge in [-0.25, -0.2) is 4.79 Å². The number of ether oxygens (including phenoxy) is 1. The van der Waals surface area contributed by atoms with Crippen molar-refractivity contribution >= 4 is 6.03 Å². The Bertz CT molecular complexity index is 368. The number of rotatable bonds is 7. The smallest absolute Gasteiger partial charge is 0.314 e. The highest BCUT2D eigenvalue weighted by molar-refractivity contribution is 5.73. The molecule has 1 aromatic carbocycles. The Kier molecular flexibility index (Phi) is 6.74. The summed E-state index contributed by atoms with van der Waals surface area (Å²) in [4.78, 5) is 11.4. The van der Waals surface area contributed by atoms with E-state index in [-0.39, 0.29) is 12.1 Å². The molecule has 0 saturated carbocycles. The van der Waals surface area contributed by atoms with Gasteiger partial charge in [0.1, 0.15) is 11.9 Å². The van der Waals surface area contributed by atoms with Gasteiger partial charge in [-0.2, -0.15) is 0 Å². The van der Waals surface area contributed by atoms with Gasteiger partial charge in [0.15, 0.2) is 0 Å². The van der Waals surface area contributed by atoms with Crippen molar-refractivity contribution in [3.05, 3.63) is 30.3 Å². The maximum atomic E-state index is 11.4. The highest BCUT2D eigenvalue weighted by Gasteiger charge is 2.06. The third kappa shape index (κ3) is 7.31. The van der Waals surface area contributed by atoms with Crippen LogP contribution in [0.5, 0.6) is 5.75 Å². The summed E-state index contributed by atoms with van der Waals surface area (Å²) in [5.74, 6) is 0.784. The van der Waals surface area contributed by atoms with E-state index in [4.69, 9.17) is 9.84 Å². The fourth-order valence-electron chi connectivity index (χ4n) is 1.47. The Labute approximate surface area is 114 Å². The molecule has 0 heterocycles. The number of urea groups is 1. The van der Waals surface area contributed by atoms with Crippen LogP contribution in [-0.2, 0) is 0 Å². The Morgan fingerprint density at radius 1 is 1.26 bits per heavy atom. The van der Waals surface area contributed by atoms with Gasteiger partial charge < -0.3 is 20.5 Å². The summed E-state index contributed by atoms with van der Waals surface area (Å²) in [5, 5.41) is 14.4. The van der Waals surface area contributed by atoms with Crippen LogP contribution in [0.2, 0.25) is 0 Å². The predicted octanol–water partition coefficient (Wildman–Crippen LogP) is 1.52. The van der Waals surface area contributed by atoms with Gasteiger partial charge in [0, 0.05) is 6.54 Å². The zero-order valence-corrected chi connectivity index (χ0v) is 11.4. The van der Waals surface area contributed by atoms with Crippen LogP contribution >= 0.6 is 0 Å². The lowest BCUT2D eigenvalue weighted by Gasteiger charge is -2.15. The van der Waals surface area contributed by atoms with E-state index in [1.165, 1.54) is 0 Å². The van der Waals surface area contributed by atoms with Crippen molar-refractivity contribution in [1.29, 1.82) is 0 Å². The predicted molar refractivity (Wildman–Crippen MR) is 74.2 cm³/mol. The van der Waals surface area contributed by atoms with Crippen LogP contribution in [0.3, 0.4) is 0 Å². The summed E-state index contributed by atoms with van der Waals surface area (Å²) in [6.45, 7) is 4.46. The Hall–Kier alpha value is -1.75. The molecule has 0 bridgehead atoms. The molecule has 1 aromatic rings. The molecular weight excluding hydrogens is 244 g/mol. The van der Waals surface area contributed by atoms with Crippen molar-refractivity contribution in [1.82, 2.24) is 10.6 Å². The first-order valence-electron chi connectivity index (χ1n) is 6.49. The lowest BCUT2D eigenvalue weighted by atomic mass is 10.3. The van der Waals surface area contributed by atoms with Crippen molar-refractivity contribution in [3.8, 4) is 5.75 Å². The van der Waals surface area contributed by atoms with E-state index >= 15 is 0 Å². The summed E-state index contributed by atoms with van der Waals surface area (Å²) < 4.78 is 5.62. The second-order valence-corrected chi connectivity index (χ2v) is 4.52.